The van der Waals surface area contributed by atoms with Gasteiger partial charge in [-0.1, -0.05) is 24.3 Å². The number of benzene rings is 2. The summed E-state index contributed by atoms with van der Waals surface area (Å²) in [4.78, 5) is 27.3. The number of anilines is 1. The molecule has 7 nitrogen and oxygen atoms in total. The third-order valence-electron chi connectivity index (χ3n) is 5.35. The van der Waals surface area contributed by atoms with Crippen LogP contribution in [0.4, 0.5) is 10.1 Å². The molecule has 33 heavy (non-hydrogen) atoms. The number of rotatable bonds is 9. The van der Waals surface area contributed by atoms with Crippen LogP contribution in [0.15, 0.2) is 42.5 Å². The van der Waals surface area contributed by atoms with Crippen LogP contribution in [0, 0.1) is 19.7 Å². The van der Waals surface area contributed by atoms with E-state index in [4.69, 9.17) is 0 Å². The predicted molar refractivity (Wildman–Crippen MR) is 128 cm³/mol. The van der Waals surface area contributed by atoms with Gasteiger partial charge in [0.2, 0.25) is 21.8 Å². The van der Waals surface area contributed by atoms with Gasteiger partial charge in [0.05, 0.1) is 11.9 Å². The first-order valence-electron chi connectivity index (χ1n) is 10.7. The van der Waals surface area contributed by atoms with Gasteiger partial charge in [-0.05, 0) is 63.9 Å². The van der Waals surface area contributed by atoms with Gasteiger partial charge in [0.25, 0.3) is 0 Å². The summed E-state index contributed by atoms with van der Waals surface area (Å²) in [5.41, 5.74) is 2.44. The van der Waals surface area contributed by atoms with Crippen LogP contribution in [0.1, 0.15) is 37.5 Å². The third kappa shape index (κ3) is 7.02. The zero-order valence-electron chi connectivity index (χ0n) is 19.9. The number of hydrogen-bond acceptors (Lipinski definition) is 4. The lowest BCUT2D eigenvalue weighted by Crippen LogP contribution is -2.52. The molecule has 9 heteroatoms. The molecule has 0 aliphatic carbocycles. The molecule has 2 aromatic rings. The minimum Gasteiger partial charge on any atom is -0.352 e. The Hall–Kier alpha value is -2.94. The van der Waals surface area contributed by atoms with Gasteiger partial charge in [-0.25, -0.2) is 12.8 Å². The molecular formula is C24H32FN3O4S. The minimum absolute atomic E-state index is 0.159. The average molecular weight is 478 g/mol. The van der Waals surface area contributed by atoms with Gasteiger partial charge >= 0.3 is 0 Å². The molecular weight excluding hydrogens is 445 g/mol. The second-order valence-corrected chi connectivity index (χ2v) is 10.4. The highest BCUT2D eigenvalue weighted by Gasteiger charge is 2.30. The standard InChI is InChI=1S/C24H32FN3O4S/c1-16(2)26-24(30)19(5)27(14-20-9-7-8-10-22(20)25)23(29)15-28(33(6,31)32)21-12-11-17(3)18(4)13-21/h7-13,16,19H,14-15H2,1-6H3,(H,26,30). The molecule has 1 N–H and O–H groups in total. The molecule has 0 aromatic heterocycles. The lowest BCUT2D eigenvalue weighted by atomic mass is 10.1. The Morgan fingerprint density at radius 3 is 2.21 bits per heavy atom. The van der Waals surface area contributed by atoms with E-state index in [1.54, 1.807) is 38.1 Å². The van der Waals surface area contributed by atoms with Gasteiger partial charge in [-0.15, -0.1) is 0 Å². The highest BCUT2D eigenvalue weighted by atomic mass is 32.2. The van der Waals surface area contributed by atoms with Crippen molar-refractivity contribution in [3.63, 3.8) is 0 Å². The maximum atomic E-state index is 14.3. The Labute approximate surface area is 195 Å². The van der Waals surface area contributed by atoms with E-state index < -0.39 is 40.2 Å². The lowest BCUT2D eigenvalue weighted by Gasteiger charge is -2.32. The van der Waals surface area contributed by atoms with E-state index in [0.29, 0.717) is 5.69 Å². The molecule has 180 valence electrons. The van der Waals surface area contributed by atoms with Crippen LogP contribution in [-0.4, -0.2) is 50.0 Å². The summed E-state index contributed by atoms with van der Waals surface area (Å²) in [5, 5.41) is 2.75. The zero-order chi connectivity index (χ0) is 24.9. The topological polar surface area (TPSA) is 86.8 Å². The number of carbonyl (C=O) groups excluding carboxylic acids is 2. The molecule has 0 heterocycles. The molecule has 0 radical (unpaired) electrons. The number of aryl methyl sites for hydroxylation is 2. The molecule has 0 fully saturated rings. The number of halogens is 1. The molecule has 2 aromatic carbocycles. The molecule has 0 bridgehead atoms. The smallest absolute Gasteiger partial charge is 0.244 e. The molecule has 1 atom stereocenters. The van der Waals surface area contributed by atoms with E-state index >= 15 is 0 Å². The van der Waals surface area contributed by atoms with Crippen LogP contribution in [0.2, 0.25) is 0 Å². The monoisotopic (exact) mass is 477 g/mol. The van der Waals surface area contributed by atoms with E-state index in [1.807, 2.05) is 13.8 Å². The Balaban J connectivity index is 2.43. The second kappa shape index (κ2) is 10.8. The predicted octanol–water partition coefficient (Wildman–Crippen LogP) is 3.15. The van der Waals surface area contributed by atoms with Crippen molar-refractivity contribution in [3.8, 4) is 0 Å². The van der Waals surface area contributed by atoms with Crippen LogP contribution in [0.5, 0.6) is 0 Å². The molecule has 0 saturated carbocycles. The number of carbonyl (C=O) groups is 2. The summed E-state index contributed by atoms with van der Waals surface area (Å²) in [6, 6.07) is 9.97. The SMILES string of the molecule is Cc1ccc(N(CC(=O)N(Cc2ccccc2F)C(C)C(=O)NC(C)C)S(C)(=O)=O)cc1C. The Kier molecular flexibility index (Phi) is 8.60. The van der Waals surface area contributed by atoms with Gasteiger partial charge in [0.1, 0.15) is 18.4 Å². The van der Waals surface area contributed by atoms with Crippen molar-refractivity contribution in [3.05, 3.63) is 65.0 Å². The fraction of sp³-hybridized carbons (Fsp3) is 0.417. The minimum atomic E-state index is -3.81. The van der Waals surface area contributed by atoms with Crippen LogP contribution in [-0.2, 0) is 26.2 Å². The second-order valence-electron chi connectivity index (χ2n) is 8.49. The first kappa shape index (κ1) is 26.3. The van der Waals surface area contributed by atoms with E-state index in [1.165, 1.54) is 30.0 Å². The van der Waals surface area contributed by atoms with Crippen molar-refractivity contribution in [2.75, 3.05) is 17.1 Å². The van der Waals surface area contributed by atoms with Gasteiger partial charge in [-0.2, -0.15) is 0 Å². The summed E-state index contributed by atoms with van der Waals surface area (Å²) in [6.07, 6.45) is 1.02. The van der Waals surface area contributed by atoms with Crippen molar-refractivity contribution in [2.45, 2.75) is 53.2 Å². The van der Waals surface area contributed by atoms with E-state index in [0.717, 1.165) is 21.7 Å². The molecule has 2 amide bonds. The van der Waals surface area contributed by atoms with Crippen LogP contribution in [0.3, 0.4) is 0 Å². The summed E-state index contributed by atoms with van der Waals surface area (Å²) in [7, 11) is -3.81. The zero-order valence-corrected chi connectivity index (χ0v) is 20.7. The molecule has 0 saturated heterocycles. The molecule has 0 spiro atoms. The maximum absolute atomic E-state index is 14.3. The van der Waals surface area contributed by atoms with Gasteiger partial charge < -0.3 is 10.2 Å². The lowest BCUT2D eigenvalue weighted by molar-refractivity contribution is -0.139. The molecule has 0 aliphatic rings. The highest BCUT2D eigenvalue weighted by molar-refractivity contribution is 7.92. The first-order valence-corrected chi connectivity index (χ1v) is 12.5. The van der Waals surface area contributed by atoms with E-state index in [-0.39, 0.29) is 18.2 Å². The Bertz CT molecular complexity index is 1120. The first-order chi connectivity index (χ1) is 15.3. The van der Waals surface area contributed by atoms with Crippen molar-refractivity contribution in [1.29, 1.82) is 0 Å². The normalized spacial score (nSPS) is 12.4. The van der Waals surface area contributed by atoms with Crippen LogP contribution >= 0.6 is 0 Å². The highest BCUT2D eigenvalue weighted by Crippen LogP contribution is 2.22. The summed E-state index contributed by atoms with van der Waals surface area (Å²) < 4.78 is 40.5. The van der Waals surface area contributed by atoms with Crippen LogP contribution in [0.25, 0.3) is 0 Å². The fourth-order valence-corrected chi connectivity index (χ4v) is 4.13. The molecule has 1 unspecified atom stereocenters. The van der Waals surface area contributed by atoms with Gasteiger partial charge in [-0.3, -0.25) is 13.9 Å². The number of amides is 2. The van der Waals surface area contributed by atoms with E-state index in [9.17, 15) is 22.4 Å². The van der Waals surface area contributed by atoms with Crippen molar-refractivity contribution >= 4 is 27.5 Å². The van der Waals surface area contributed by atoms with Crippen molar-refractivity contribution < 1.29 is 22.4 Å². The third-order valence-corrected chi connectivity index (χ3v) is 6.50. The molecule has 2 rings (SSSR count). The van der Waals surface area contributed by atoms with E-state index in [2.05, 4.69) is 5.32 Å². The average Bonchev–Trinajstić information content (AvgIpc) is 2.71. The number of hydrogen-bond donors (Lipinski definition) is 1. The van der Waals surface area contributed by atoms with Gasteiger partial charge in [0.15, 0.2) is 0 Å². The number of nitrogens with zero attached hydrogens (tertiary/aromatic N) is 2. The summed E-state index contributed by atoms with van der Waals surface area (Å²) in [6.45, 7) is 8.18. The van der Waals surface area contributed by atoms with Crippen LogP contribution < -0.4 is 9.62 Å². The van der Waals surface area contributed by atoms with Gasteiger partial charge in [0, 0.05) is 18.2 Å². The maximum Gasteiger partial charge on any atom is 0.244 e. The number of sulfonamides is 1. The summed E-state index contributed by atoms with van der Waals surface area (Å²) >= 11 is 0. The van der Waals surface area contributed by atoms with Crippen molar-refractivity contribution in [2.24, 2.45) is 0 Å². The molecule has 0 aliphatic heterocycles. The largest absolute Gasteiger partial charge is 0.352 e. The Morgan fingerprint density at radius 1 is 1.03 bits per heavy atom. The number of nitrogens with one attached hydrogen (secondary N) is 1. The summed E-state index contributed by atoms with van der Waals surface area (Å²) in [5.74, 6) is -1.54. The van der Waals surface area contributed by atoms with Crippen molar-refractivity contribution in [1.82, 2.24) is 10.2 Å². The quantitative estimate of drug-likeness (QED) is 0.601. The Morgan fingerprint density at radius 2 is 1.67 bits per heavy atom. The fourth-order valence-electron chi connectivity index (χ4n) is 3.29.